The van der Waals surface area contributed by atoms with Gasteiger partial charge in [-0.2, -0.15) is 0 Å². The first-order chi connectivity index (χ1) is 12.8. The van der Waals surface area contributed by atoms with Crippen molar-refractivity contribution in [3.63, 3.8) is 0 Å². The van der Waals surface area contributed by atoms with Crippen LogP contribution in [0.3, 0.4) is 0 Å². The number of methoxy groups -OCH3 is 1. The molecule has 2 amide bonds. The lowest BCUT2D eigenvalue weighted by molar-refractivity contribution is -0.132. The predicted octanol–water partition coefficient (Wildman–Crippen LogP) is 3.54. The summed E-state index contributed by atoms with van der Waals surface area (Å²) < 4.78 is 11.1. The van der Waals surface area contributed by atoms with Gasteiger partial charge in [0.1, 0.15) is 11.5 Å². The zero-order valence-corrected chi connectivity index (χ0v) is 16.0. The van der Waals surface area contributed by atoms with Gasteiger partial charge < -0.3 is 19.7 Å². The summed E-state index contributed by atoms with van der Waals surface area (Å²) in [7, 11) is 1.55. The second-order valence-electron chi connectivity index (χ2n) is 7.04. The topological polar surface area (TPSA) is 67.9 Å². The predicted molar refractivity (Wildman–Crippen MR) is 104 cm³/mol. The average molecular weight is 368 g/mol. The summed E-state index contributed by atoms with van der Waals surface area (Å²) in [5.41, 5.74) is 1.36. The van der Waals surface area contributed by atoms with Crippen molar-refractivity contribution in [3.05, 3.63) is 48.0 Å². The zero-order chi connectivity index (χ0) is 19.6. The summed E-state index contributed by atoms with van der Waals surface area (Å²) in [6, 6.07) is 12.9. The number of amides is 2. The van der Waals surface area contributed by atoms with Gasteiger partial charge in [-0.3, -0.25) is 9.59 Å². The SMILES string of the molecule is COc1ccccc1NC(=O)CCN1C(=O)C(C)(C)Oc2ccc(C)cc21. The van der Waals surface area contributed by atoms with E-state index in [1.54, 1.807) is 38.0 Å². The lowest BCUT2D eigenvalue weighted by Gasteiger charge is -2.38. The number of nitrogens with zero attached hydrogens (tertiary/aromatic N) is 1. The van der Waals surface area contributed by atoms with Crippen LogP contribution in [0.25, 0.3) is 0 Å². The van der Waals surface area contributed by atoms with E-state index in [2.05, 4.69) is 5.32 Å². The van der Waals surface area contributed by atoms with Crippen LogP contribution in [0.4, 0.5) is 11.4 Å². The first-order valence-electron chi connectivity index (χ1n) is 8.86. The highest BCUT2D eigenvalue weighted by atomic mass is 16.5. The van der Waals surface area contributed by atoms with Gasteiger partial charge in [-0.25, -0.2) is 0 Å². The van der Waals surface area contributed by atoms with Crippen molar-refractivity contribution in [2.75, 3.05) is 23.9 Å². The Kier molecular flexibility index (Phi) is 5.08. The van der Waals surface area contributed by atoms with Crippen molar-refractivity contribution in [1.82, 2.24) is 0 Å². The molecule has 1 heterocycles. The van der Waals surface area contributed by atoms with Crippen molar-refractivity contribution in [2.45, 2.75) is 32.8 Å². The molecule has 1 aliphatic rings. The highest BCUT2D eigenvalue weighted by Gasteiger charge is 2.40. The first kappa shape index (κ1) is 18.8. The van der Waals surface area contributed by atoms with E-state index in [0.717, 1.165) is 5.56 Å². The molecule has 2 aromatic rings. The number of anilines is 2. The van der Waals surface area contributed by atoms with Gasteiger partial charge in [0, 0.05) is 13.0 Å². The van der Waals surface area contributed by atoms with E-state index in [4.69, 9.17) is 9.47 Å². The van der Waals surface area contributed by atoms with Gasteiger partial charge in [-0.15, -0.1) is 0 Å². The van der Waals surface area contributed by atoms with Gasteiger partial charge in [0.15, 0.2) is 5.60 Å². The Hall–Kier alpha value is -3.02. The molecule has 0 unspecified atom stereocenters. The molecule has 0 saturated carbocycles. The second-order valence-corrected chi connectivity index (χ2v) is 7.04. The summed E-state index contributed by atoms with van der Waals surface area (Å²) in [6.07, 6.45) is 0.160. The van der Waals surface area contributed by atoms with E-state index in [1.165, 1.54) is 0 Å². The van der Waals surface area contributed by atoms with Crippen LogP contribution in [0.2, 0.25) is 0 Å². The van der Waals surface area contributed by atoms with Crippen LogP contribution in [0.1, 0.15) is 25.8 Å². The van der Waals surface area contributed by atoms with Gasteiger partial charge in [0.2, 0.25) is 5.91 Å². The molecule has 0 aromatic heterocycles. The summed E-state index contributed by atoms with van der Waals surface area (Å²) in [5.74, 6) is 0.891. The molecule has 6 heteroatoms. The van der Waals surface area contributed by atoms with E-state index in [-0.39, 0.29) is 24.8 Å². The smallest absolute Gasteiger partial charge is 0.270 e. The molecule has 0 bridgehead atoms. The van der Waals surface area contributed by atoms with E-state index in [0.29, 0.717) is 22.9 Å². The number of carbonyl (C=O) groups excluding carboxylic acids is 2. The van der Waals surface area contributed by atoms with Crippen LogP contribution in [0.5, 0.6) is 11.5 Å². The Bertz CT molecular complexity index is 876. The third-order valence-corrected chi connectivity index (χ3v) is 4.47. The Labute approximate surface area is 159 Å². The monoisotopic (exact) mass is 368 g/mol. The number of para-hydroxylation sites is 2. The molecule has 0 saturated heterocycles. The maximum absolute atomic E-state index is 12.8. The Morgan fingerprint density at radius 2 is 1.96 bits per heavy atom. The minimum atomic E-state index is -0.971. The number of benzene rings is 2. The molecule has 142 valence electrons. The fourth-order valence-corrected chi connectivity index (χ4v) is 3.07. The number of nitrogens with one attached hydrogen (secondary N) is 1. The Morgan fingerprint density at radius 3 is 2.70 bits per heavy atom. The summed E-state index contributed by atoms with van der Waals surface area (Å²) in [6.45, 7) is 5.69. The Morgan fingerprint density at radius 1 is 1.22 bits per heavy atom. The lowest BCUT2D eigenvalue weighted by Crippen LogP contribution is -2.53. The van der Waals surface area contributed by atoms with Crippen molar-refractivity contribution in [2.24, 2.45) is 0 Å². The molecule has 3 rings (SSSR count). The van der Waals surface area contributed by atoms with Gasteiger partial charge in [-0.1, -0.05) is 18.2 Å². The molecule has 0 spiro atoms. The van der Waals surface area contributed by atoms with E-state index >= 15 is 0 Å². The van der Waals surface area contributed by atoms with Gasteiger partial charge in [0.25, 0.3) is 5.91 Å². The van der Waals surface area contributed by atoms with Crippen LogP contribution in [-0.2, 0) is 9.59 Å². The molecule has 0 atom stereocenters. The van der Waals surface area contributed by atoms with E-state index in [1.807, 2.05) is 37.3 Å². The lowest BCUT2D eigenvalue weighted by atomic mass is 10.0. The summed E-state index contributed by atoms with van der Waals surface area (Å²) >= 11 is 0. The van der Waals surface area contributed by atoms with Gasteiger partial charge in [-0.05, 0) is 50.6 Å². The number of hydrogen-bond acceptors (Lipinski definition) is 4. The highest BCUT2D eigenvalue weighted by molar-refractivity contribution is 6.03. The van der Waals surface area contributed by atoms with E-state index < -0.39 is 5.60 Å². The van der Waals surface area contributed by atoms with Crippen LogP contribution in [0.15, 0.2) is 42.5 Å². The van der Waals surface area contributed by atoms with Crippen LogP contribution >= 0.6 is 0 Å². The highest BCUT2D eigenvalue weighted by Crippen LogP contribution is 2.38. The third kappa shape index (κ3) is 3.89. The fourth-order valence-electron chi connectivity index (χ4n) is 3.07. The van der Waals surface area contributed by atoms with Crippen LogP contribution < -0.4 is 19.7 Å². The van der Waals surface area contributed by atoms with Crippen LogP contribution in [-0.4, -0.2) is 31.1 Å². The minimum absolute atomic E-state index is 0.160. The Balaban J connectivity index is 1.75. The summed E-state index contributed by atoms with van der Waals surface area (Å²) in [4.78, 5) is 26.9. The molecule has 6 nitrogen and oxygen atoms in total. The molecule has 0 aliphatic carbocycles. The maximum Gasteiger partial charge on any atom is 0.270 e. The molecule has 2 aromatic carbocycles. The standard InChI is InChI=1S/C21H24N2O4/c1-14-9-10-18-16(13-14)23(20(25)21(2,3)27-18)12-11-19(24)22-15-7-5-6-8-17(15)26-4/h5-10,13H,11-12H2,1-4H3,(H,22,24). The normalized spacial score (nSPS) is 15.0. The first-order valence-corrected chi connectivity index (χ1v) is 8.86. The van der Waals surface area contributed by atoms with Crippen molar-refractivity contribution < 1.29 is 19.1 Å². The molecule has 0 fully saturated rings. The molecular formula is C21H24N2O4. The number of rotatable bonds is 5. The number of carbonyl (C=O) groups is 2. The zero-order valence-electron chi connectivity index (χ0n) is 16.0. The quantitative estimate of drug-likeness (QED) is 0.877. The number of hydrogen-bond donors (Lipinski definition) is 1. The van der Waals surface area contributed by atoms with E-state index in [9.17, 15) is 9.59 Å². The average Bonchev–Trinajstić information content (AvgIpc) is 2.63. The molecular weight excluding hydrogens is 344 g/mol. The van der Waals surface area contributed by atoms with Crippen molar-refractivity contribution in [3.8, 4) is 11.5 Å². The fraction of sp³-hybridized carbons (Fsp3) is 0.333. The maximum atomic E-state index is 12.8. The summed E-state index contributed by atoms with van der Waals surface area (Å²) in [5, 5.41) is 2.84. The molecule has 1 N–H and O–H groups in total. The molecule has 1 aliphatic heterocycles. The largest absolute Gasteiger partial charge is 0.495 e. The van der Waals surface area contributed by atoms with Crippen molar-refractivity contribution in [1.29, 1.82) is 0 Å². The number of fused-ring (bicyclic) bond motifs is 1. The number of ether oxygens (including phenoxy) is 2. The third-order valence-electron chi connectivity index (χ3n) is 4.47. The van der Waals surface area contributed by atoms with Gasteiger partial charge in [0.05, 0.1) is 18.5 Å². The second kappa shape index (κ2) is 7.31. The van der Waals surface area contributed by atoms with Crippen molar-refractivity contribution >= 4 is 23.2 Å². The minimum Gasteiger partial charge on any atom is -0.495 e. The number of aryl methyl sites for hydroxylation is 1. The molecule has 0 radical (unpaired) electrons. The van der Waals surface area contributed by atoms with Gasteiger partial charge >= 0.3 is 0 Å². The van der Waals surface area contributed by atoms with Crippen LogP contribution in [0, 0.1) is 6.92 Å². The molecule has 27 heavy (non-hydrogen) atoms.